The fourth-order valence-corrected chi connectivity index (χ4v) is 4.12. The molecule has 3 aliphatic carbocycles. The predicted molar refractivity (Wildman–Crippen MR) is 60.7 cm³/mol. The molecule has 3 fully saturated rings. The van der Waals surface area contributed by atoms with Gasteiger partial charge in [-0.25, -0.2) is 0 Å². The van der Waals surface area contributed by atoms with Gasteiger partial charge in [0.15, 0.2) is 0 Å². The summed E-state index contributed by atoms with van der Waals surface area (Å²) >= 11 is 0. The van der Waals surface area contributed by atoms with Crippen LogP contribution in [0.25, 0.3) is 0 Å². The minimum absolute atomic E-state index is 0.377. The zero-order valence-corrected chi connectivity index (χ0v) is 9.91. The van der Waals surface area contributed by atoms with Crippen LogP contribution in [0.15, 0.2) is 0 Å². The maximum absolute atomic E-state index is 5.55. The van der Waals surface area contributed by atoms with Crippen LogP contribution in [0, 0.1) is 23.7 Å². The molecule has 0 aromatic carbocycles. The molecule has 0 aliphatic heterocycles. The lowest BCUT2D eigenvalue weighted by atomic mass is 10.0. The van der Waals surface area contributed by atoms with Crippen LogP contribution in [0.4, 0.5) is 0 Å². The van der Waals surface area contributed by atoms with Gasteiger partial charge in [-0.3, -0.25) is 0 Å². The van der Waals surface area contributed by atoms with Gasteiger partial charge in [-0.15, -0.1) is 0 Å². The molecule has 86 valence electrons. The first-order valence-electron chi connectivity index (χ1n) is 6.62. The topological polar surface area (TPSA) is 21.3 Å². The van der Waals surface area contributed by atoms with Crippen LogP contribution in [-0.2, 0) is 4.74 Å². The van der Waals surface area contributed by atoms with E-state index in [-0.39, 0.29) is 0 Å². The van der Waals surface area contributed by atoms with Crippen molar-refractivity contribution in [2.24, 2.45) is 23.7 Å². The zero-order valence-electron chi connectivity index (χ0n) is 9.91. The Morgan fingerprint density at radius 2 is 1.87 bits per heavy atom. The van der Waals surface area contributed by atoms with E-state index in [4.69, 9.17) is 4.74 Å². The van der Waals surface area contributed by atoms with Gasteiger partial charge in [0.05, 0.1) is 12.7 Å². The summed E-state index contributed by atoms with van der Waals surface area (Å²) in [6.45, 7) is 6.14. The van der Waals surface area contributed by atoms with Crippen molar-refractivity contribution >= 4 is 0 Å². The second kappa shape index (κ2) is 3.74. The van der Waals surface area contributed by atoms with Gasteiger partial charge in [0.2, 0.25) is 0 Å². The Morgan fingerprint density at radius 3 is 2.47 bits per heavy atom. The molecule has 0 heterocycles. The van der Waals surface area contributed by atoms with Gasteiger partial charge in [0.25, 0.3) is 0 Å². The Hall–Kier alpha value is -0.0800. The van der Waals surface area contributed by atoms with Gasteiger partial charge in [0, 0.05) is 12.6 Å². The molecule has 0 saturated heterocycles. The van der Waals surface area contributed by atoms with E-state index in [9.17, 15) is 0 Å². The first kappa shape index (κ1) is 10.1. The number of fused-ring (bicyclic) bond motifs is 5. The zero-order chi connectivity index (χ0) is 10.4. The summed E-state index contributed by atoms with van der Waals surface area (Å²) in [4.78, 5) is 0. The molecule has 3 saturated carbocycles. The SMILES string of the molecule is CC(C)OCCNC1C2C3CCC(C3)C12. The normalized spacial score (nSPS) is 46.2. The molecule has 3 rings (SSSR count). The largest absolute Gasteiger partial charge is 0.377 e. The maximum atomic E-state index is 5.55. The van der Waals surface area contributed by atoms with Gasteiger partial charge in [0.1, 0.15) is 0 Å². The van der Waals surface area contributed by atoms with Crippen molar-refractivity contribution in [2.75, 3.05) is 13.2 Å². The summed E-state index contributed by atoms with van der Waals surface area (Å²) in [5.41, 5.74) is 0. The highest BCUT2D eigenvalue weighted by molar-refractivity contribution is 5.16. The fraction of sp³-hybridized carbons (Fsp3) is 1.00. The third-order valence-corrected chi connectivity index (χ3v) is 4.67. The van der Waals surface area contributed by atoms with Crippen molar-refractivity contribution in [3.05, 3.63) is 0 Å². The van der Waals surface area contributed by atoms with Gasteiger partial charge in [-0.1, -0.05) is 0 Å². The van der Waals surface area contributed by atoms with Gasteiger partial charge in [-0.05, 0) is 56.8 Å². The van der Waals surface area contributed by atoms with Crippen LogP contribution in [0.2, 0.25) is 0 Å². The van der Waals surface area contributed by atoms with Crippen molar-refractivity contribution in [1.82, 2.24) is 5.32 Å². The van der Waals surface area contributed by atoms with E-state index in [1.54, 1.807) is 6.42 Å². The lowest BCUT2D eigenvalue weighted by Crippen LogP contribution is -2.27. The molecule has 0 aromatic heterocycles. The molecule has 0 radical (unpaired) electrons. The Morgan fingerprint density at radius 1 is 1.20 bits per heavy atom. The molecule has 0 aromatic rings. The number of hydrogen-bond donors (Lipinski definition) is 1. The molecular formula is C13H23NO. The summed E-state index contributed by atoms with van der Waals surface area (Å²) in [5, 5.41) is 3.69. The lowest BCUT2D eigenvalue weighted by molar-refractivity contribution is 0.0800. The highest BCUT2D eigenvalue weighted by Gasteiger charge is 2.64. The van der Waals surface area contributed by atoms with Crippen molar-refractivity contribution in [3.63, 3.8) is 0 Å². The average Bonchev–Trinajstić information content (AvgIpc) is 2.61. The van der Waals surface area contributed by atoms with E-state index < -0.39 is 0 Å². The van der Waals surface area contributed by atoms with Crippen LogP contribution in [0.5, 0.6) is 0 Å². The molecule has 3 aliphatic rings. The smallest absolute Gasteiger partial charge is 0.0594 e. The molecule has 2 bridgehead atoms. The van der Waals surface area contributed by atoms with Crippen LogP contribution >= 0.6 is 0 Å². The van der Waals surface area contributed by atoms with Gasteiger partial charge < -0.3 is 10.1 Å². The van der Waals surface area contributed by atoms with E-state index in [2.05, 4.69) is 19.2 Å². The van der Waals surface area contributed by atoms with E-state index in [0.717, 1.165) is 42.9 Å². The Kier molecular flexibility index (Phi) is 2.52. The summed E-state index contributed by atoms with van der Waals surface area (Å²) in [5.74, 6) is 4.29. The van der Waals surface area contributed by atoms with Crippen molar-refractivity contribution in [3.8, 4) is 0 Å². The molecule has 2 nitrogen and oxygen atoms in total. The monoisotopic (exact) mass is 209 g/mol. The Labute approximate surface area is 92.8 Å². The van der Waals surface area contributed by atoms with Crippen LogP contribution in [0.1, 0.15) is 33.1 Å². The Bertz CT molecular complexity index is 225. The van der Waals surface area contributed by atoms with Crippen molar-refractivity contribution < 1.29 is 4.74 Å². The lowest BCUT2D eigenvalue weighted by Gasteiger charge is -2.11. The molecule has 0 spiro atoms. The van der Waals surface area contributed by atoms with Crippen LogP contribution < -0.4 is 5.32 Å². The fourth-order valence-electron chi connectivity index (χ4n) is 4.12. The highest BCUT2D eigenvalue weighted by atomic mass is 16.5. The number of rotatable bonds is 5. The molecule has 1 N–H and O–H groups in total. The minimum atomic E-state index is 0.377. The number of hydrogen-bond acceptors (Lipinski definition) is 2. The summed E-state index contributed by atoms with van der Waals surface area (Å²) < 4.78 is 5.55. The Balaban J connectivity index is 1.37. The van der Waals surface area contributed by atoms with Crippen molar-refractivity contribution in [2.45, 2.75) is 45.3 Å². The van der Waals surface area contributed by atoms with Gasteiger partial charge >= 0.3 is 0 Å². The van der Waals surface area contributed by atoms with E-state index in [0.29, 0.717) is 6.10 Å². The number of ether oxygens (including phenoxy) is 1. The standard InChI is InChI=1S/C13H23NO/c1-8(2)15-6-5-14-13-11-9-3-4-10(7-9)12(11)13/h8-14H,3-7H2,1-2H3. The minimum Gasteiger partial charge on any atom is -0.377 e. The summed E-state index contributed by atoms with van der Waals surface area (Å²) in [7, 11) is 0. The highest BCUT2D eigenvalue weighted by Crippen LogP contribution is 2.65. The third-order valence-electron chi connectivity index (χ3n) is 4.67. The van der Waals surface area contributed by atoms with E-state index in [1.807, 2.05) is 0 Å². The third kappa shape index (κ3) is 1.72. The molecule has 4 unspecified atom stereocenters. The van der Waals surface area contributed by atoms with Gasteiger partial charge in [-0.2, -0.15) is 0 Å². The van der Waals surface area contributed by atoms with Crippen LogP contribution in [-0.4, -0.2) is 25.3 Å². The summed E-state index contributed by atoms with van der Waals surface area (Å²) in [6, 6.07) is 0.868. The molecule has 4 atom stereocenters. The molecule has 2 heteroatoms. The summed E-state index contributed by atoms with van der Waals surface area (Å²) in [6.07, 6.45) is 4.97. The second-order valence-electron chi connectivity index (χ2n) is 5.89. The molecule has 0 amide bonds. The second-order valence-corrected chi connectivity index (χ2v) is 5.89. The van der Waals surface area contributed by atoms with E-state index >= 15 is 0 Å². The predicted octanol–water partition coefficient (Wildman–Crippen LogP) is 2.05. The first-order chi connectivity index (χ1) is 7.27. The first-order valence-corrected chi connectivity index (χ1v) is 6.62. The average molecular weight is 209 g/mol. The molecular weight excluding hydrogens is 186 g/mol. The van der Waals surface area contributed by atoms with Crippen LogP contribution in [0.3, 0.4) is 0 Å². The molecule has 15 heavy (non-hydrogen) atoms. The van der Waals surface area contributed by atoms with Crippen molar-refractivity contribution in [1.29, 1.82) is 0 Å². The quantitative estimate of drug-likeness (QED) is 0.700. The number of nitrogens with one attached hydrogen (secondary N) is 1. The van der Waals surface area contributed by atoms with E-state index in [1.165, 1.54) is 12.8 Å². The maximum Gasteiger partial charge on any atom is 0.0594 e.